The van der Waals surface area contributed by atoms with Gasteiger partial charge in [-0.05, 0) is 38.6 Å². The van der Waals surface area contributed by atoms with Crippen molar-refractivity contribution in [2.45, 2.75) is 37.3 Å². The lowest BCUT2D eigenvalue weighted by molar-refractivity contribution is -0.118. The summed E-state index contributed by atoms with van der Waals surface area (Å²) in [6, 6.07) is 2.82. The van der Waals surface area contributed by atoms with Crippen LogP contribution in [0, 0.1) is 17.2 Å². The molecule has 0 spiro atoms. The van der Waals surface area contributed by atoms with Crippen molar-refractivity contribution in [1.82, 2.24) is 10.6 Å². The first-order valence-corrected chi connectivity index (χ1v) is 7.33. The highest BCUT2D eigenvalue weighted by Gasteiger charge is 2.44. The summed E-state index contributed by atoms with van der Waals surface area (Å²) in [7, 11) is 1.84. The fourth-order valence-corrected chi connectivity index (χ4v) is 3.09. The molecule has 2 aliphatic rings. The monoisotopic (exact) mass is 253 g/mol. The average molecular weight is 253 g/mol. The van der Waals surface area contributed by atoms with Gasteiger partial charge in [0.25, 0.3) is 0 Å². The number of nitrogens with zero attached hydrogens (tertiary/aromatic N) is 1. The number of hydrogen-bond acceptors (Lipinski definition) is 4. The smallest absolute Gasteiger partial charge is 0.230 e. The summed E-state index contributed by atoms with van der Waals surface area (Å²) in [6.45, 7) is 0. The fourth-order valence-electron chi connectivity index (χ4n) is 1.95. The van der Waals surface area contributed by atoms with Crippen LogP contribution in [0.1, 0.15) is 25.7 Å². The van der Waals surface area contributed by atoms with Crippen molar-refractivity contribution in [2.24, 2.45) is 5.92 Å². The van der Waals surface area contributed by atoms with Gasteiger partial charge in [-0.1, -0.05) is 0 Å². The summed E-state index contributed by atoms with van der Waals surface area (Å²) < 4.78 is 0. The minimum Gasteiger partial charge on any atom is -0.353 e. The Bertz CT molecular complexity index is 333. The molecule has 0 aliphatic heterocycles. The Labute approximate surface area is 107 Å². The minimum absolute atomic E-state index is 0.108. The van der Waals surface area contributed by atoms with E-state index >= 15 is 0 Å². The van der Waals surface area contributed by atoms with E-state index in [1.54, 1.807) is 11.8 Å². The van der Waals surface area contributed by atoms with E-state index in [0.29, 0.717) is 23.5 Å². The second-order valence-electron chi connectivity index (χ2n) is 4.94. The van der Waals surface area contributed by atoms with Crippen LogP contribution in [0.5, 0.6) is 0 Å². The van der Waals surface area contributed by atoms with Crippen LogP contribution in [-0.4, -0.2) is 36.0 Å². The molecule has 5 heteroatoms. The van der Waals surface area contributed by atoms with Gasteiger partial charge in [0.1, 0.15) is 5.54 Å². The van der Waals surface area contributed by atoms with Crippen LogP contribution < -0.4 is 10.6 Å². The van der Waals surface area contributed by atoms with E-state index in [9.17, 15) is 10.1 Å². The SMILES string of the molecule is CNC(C#N)(CSCC(=O)NC1CC1)C1CC1. The van der Waals surface area contributed by atoms with Crippen LogP contribution in [-0.2, 0) is 4.79 Å². The molecule has 17 heavy (non-hydrogen) atoms. The Hall–Kier alpha value is -0.730. The van der Waals surface area contributed by atoms with Crippen LogP contribution in [0.15, 0.2) is 0 Å². The molecule has 0 aromatic rings. The van der Waals surface area contributed by atoms with Crippen molar-refractivity contribution >= 4 is 17.7 Å². The topological polar surface area (TPSA) is 64.9 Å². The number of rotatable bonds is 7. The van der Waals surface area contributed by atoms with Gasteiger partial charge in [-0.25, -0.2) is 0 Å². The number of hydrogen-bond donors (Lipinski definition) is 2. The first-order chi connectivity index (χ1) is 8.20. The molecule has 0 aromatic carbocycles. The Morgan fingerprint density at radius 2 is 2.18 bits per heavy atom. The molecule has 0 heterocycles. The van der Waals surface area contributed by atoms with Crippen molar-refractivity contribution in [3.8, 4) is 6.07 Å². The third-order valence-corrected chi connectivity index (χ3v) is 4.55. The molecule has 1 atom stereocenters. The number of carbonyl (C=O) groups excluding carboxylic acids is 1. The van der Waals surface area contributed by atoms with E-state index in [-0.39, 0.29) is 5.91 Å². The zero-order valence-electron chi connectivity index (χ0n) is 10.2. The molecule has 2 N–H and O–H groups in total. The van der Waals surface area contributed by atoms with Gasteiger partial charge >= 0.3 is 0 Å². The van der Waals surface area contributed by atoms with Gasteiger partial charge in [0, 0.05) is 11.8 Å². The number of nitrogens with one attached hydrogen (secondary N) is 2. The van der Waals surface area contributed by atoms with Gasteiger partial charge in [0.2, 0.25) is 5.91 Å². The van der Waals surface area contributed by atoms with E-state index in [1.165, 1.54) is 0 Å². The maximum atomic E-state index is 11.5. The molecule has 0 radical (unpaired) electrons. The van der Waals surface area contributed by atoms with Crippen LogP contribution in [0.4, 0.5) is 0 Å². The van der Waals surface area contributed by atoms with E-state index < -0.39 is 5.54 Å². The summed E-state index contributed by atoms with van der Waals surface area (Å²) in [6.07, 6.45) is 4.50. The zero-order valence-corrected chi connectivity index (χ0v) is 11.0. The number of nitriles is 1. The fraction of sp³-hybridized carbons (Fsp3) is 0.833. The van der Waals surface area contributed by atoms with Gasteiger partial charge in [-0.3, -0.25) is 4.79 Å². The predicted molar refractivity (Wildman–Crippen MR) is 68.6 cm³/mol. The number of thioether (sulfide) groups is 1. The van der Waals surface area contributed by atoms with Crippen LogP contribution in [0.3, 0.4) is 0 Å². The quantitative estimate of drug-likeness (QED) is 0.707. The molecule has 0 aromatic heterocycles. The second kappa shape index (κ2) is 5.28. The molecular weight excluding hydrogens is 234 g/mol. The molecular formula is C12H19N3OS. The Kier molecular flexibility index (Phi) is 3.95. The standard InChI is InChI=1S/C12H19N3OS/c1-14-12(7-13,9-2-3-9)8-17-6-11(16)15-10-4-5-10/h9-10,14H,2-6,8H2,1H3,(H,15,16). The highest BCUT2D eigenvalue weighted by atomic mass is 32.2. The van der Waals surface area contributed by atoms with E-state index in [0.717, 1.165) is 25.7 Å². The second-order valence-corrected chi connectivity index (χ2v) is 5.93. The molecule has 94 valence electrons. The third kappa shape index (κ3) is 3.36. The largest absolute Gasteiger partial charge is 0.353 e. The molecule has 0 bridgehead atoms. The van der Waals surface area contributed by atoms with Gasteiger partial charge < -0.3 is 10.6 Å². The van der Waals surface area contributed by atoms with Crippen LogP contribution in [0.25, 0.3) is 0 Å². The lowest BCUT2D eigenvalue weighted by Crippen LogP contribution is -2.46. The molecule has 0 saturated heterocycles. The average Bonchev–Trinajstić information content (AvgIpc) is 3.15. The Morgan fingerprint density at radius 3 is 2.65 bits per heavy atom. The minimum atomic E-state index is -0.426. The number of amides is 1. The summed E-state index contributed by atoms with van der Waals surface area (Å²) in [5.74, 6) is 1.74. The summed E-state index contributed by atoms with van der Waals surface area (Å²) in [5, 5.41) is 15.4. The first-order valence-electron chi connectivity index (χ1n) is 6.17. The van der Waals surface area contributed by atoms with Gasteiger partial charge in [-0.15, -0.1) is 11.8 Å². The van der Waals surface area contributed by atoms with Crippen molar-refractivity contribution in [1.29, 1.82) is 5.26 Å². The molecule has 2 rings (SSSR count). The zero-order chi connectivity index (χ0) is 12.3. The number of carbonyl (C=O) groups is 1. The summed E-state index contributed by atoms with van der Waals surface area (Å²) in [5.41, 5.74) is -0.426. The highest BCUT2D eigenvalue weighted by molar-refractivity contribution is 8.00. The summed E-state index contributed by atoms with van der Waals surface area (Å²) >= 11 is 1.56. The Balaban J connectivity index is 1.71. The molecule has 2 fully saturated rings. The third-order valence-electron chi connectivity index (χ3n) is 3.43. The molecule has 1 unspecified atom stereocenters. The van der Waals surface area contributed by atoms with E-state index in [1.807, 2.05) is 7.05 Å². The van der Waals surface area contributed by atoms with Crippen molar-refractivity contribution < 1.29 is 4.79 Å². The van der Waals surface area contributed by atoms with Gasteiger partial charge in [-0.2, -0.15) is 5.26 Å². The maximum Gasteiger partial charge on any atom is 0.230 e. The van der Waals surface area contributed by atoms with Gasteiger partial charge in [0.15, 0.2) is 0 Å². The van der Waals surface area contributed by atoms with Gasteiger partial charge in [0.05, 0.1) is 11.8 Å². The molecule has 4 nitrogen and oxygen atoms in total. The lowest BCUT2D eigenvalue weighted by atomic mass is 9.98. The highest BCUT2D eigenvalue weighted by Crippen LogP contribution is 2.40. The molecule has 2 saturated carbocycles. The van der Waals surface area contributed by atoms with E-state index in [4.69, 9.17) is 0 Å². The molecule has 2 aliphatic carbocycles. The maximum absolute atomic E-state index is 11.5. The van der Waals surface area contributed by atoms with Crippen molar-refractivity contribution in [3.05, 3.63) is 0 Å². The van der Waals surface area contributed by atoms with Crippen molar-refractivity contribution in [3.63, 3.8) is 0 Å². The normalized spacial score (nSPS) is 22.6. The van der Waals surface area contributed by atoms with Crippen LogP contribution in [0.2, 0.25) is 0 Å². The first kappa shape index (κ1) is 12.7. The summed E-state index contributed by atoms with van der Waals surface area (Å²) in [4.78, 5) is 11.5. The van der Waals surface area contributed by atoms with Crippen LogP contribution >= 0.6 is 11.8 Å². The predicted octanol–water partition coefficient (Wildman–Crippen LogP) is 0.890. The van der Waals surface area contributed by atoms with E-state index in [2.05, 4.69) is 16.7 Å². The van der Waals surface area contributed by atoms with Crippen molar-refractivity contribution in [2.75, 3.05) is 18.6 Å². The Morgan fingerprint density at radius 1 is 1.47 bits per heavy atom. The lowest BCUT2D eigenvalue weighted by Gasteiger charge is -2.25. The molecule has 1 amide bonds.